The maximum atomic E-state index is 5.91. The summed E-state index contributed by atoms with van der Waals surface area (Å²) in [6, 6.07) is 0.228. The summed E-state index contributed by atoms with van der Waals surface area (Å²) in [6.07, 6.45) is 5.84. The van der Waals surface area contributed by atoms with Gasteiger partial charge in [0.1, 0.15) is 0 Å². The predicted octanol–water partition coefficient (Wildman–Crippen LogP) is 1.74. The fourth-order valence-corrected chi connectivity index (χ4v) is 4.09. The monoisotopic (exact) mass is 343 g/mol. The third-order valence-electron chi connectivity index (χ3n) is 4.87. The van der Waals surface area contributed by atoms with Crippen molar-refractivity contribution < 1.29 is 0 Å². The van der Waals surface area contributed by atoms with Crippen LogP contribution in [0.3, 0.4) is 0 Å². The molecule has 2 rings (SSSR count). The van der Waals surface area contributed by atoms with Crippen LogP contribution in [0.4, 0.5) is 0 Å². The van der Waals surface area contributed by atoms with E-state index in [0.717, 1.165) is 16.6 Å². The van der Waals surface area contributed by atoms with Crippen LogP contribution in [0.1, 0.15) is 37.1 Å². The average Bonchev–Trinajstić information content (AvgIpc) is 2.97. The Morgan fingerprint density at radius 3 is 2.45 bits per heavy atom. The van der Waals surface area contributed by atoms with E-state index in [1.807, 2.05) is 18.7 Å². The van der Waals surface area contributed by atoms with Gasteiger partial charge in [-0.2, -0.15) is 5.10 Å². The number of likely N-dealkylation sites (N-methyl/N-ethyl adjacent to an activating group) is 1. The van der Waals surface area contributed by atoms with E-state index in [-0.39, 0.29) is 11.6 Å². The van der Waals surface area contributed by atoms with Crippen molar-refractivity contribution in [1.82, 2.24) is 20.1 Å². The van der Waals surface area contributed by atoms with Gasteiger partial charge in [-0.25, -0.2) is 0 Å². The third kappa shape index (κ3) is 2.66. The highest BCUT2D eigenvalue weighted by Gasteiger charge is 2.43. The Labute approximate surface area is 130 Å². The van der Waals surface area contributed by atoms with Gasteiger partial charge in [-0.15, -0.1) is 0 Å². The molecule has 20 heavy (non-hydrogen) atoms. The first-order valence-electron chi connectivity index (χ1n) is 7.24. The molecule has 1 aliphatic rings. The normalized spacial score (nSPS) is 19.8. The van der Waals surface area contributed by atoms with E-state index >= 15 is 0 Å². The number of hydrazine groups is 1. The predicted molar refractivity (Wildman–Crippen MR) is 85.3 cm³/mol. The Morgan fingerprint density at radius 1 is 1.45 bits per heavy atom. The molecule has 0 saturated heterocycles. The van der Waals surface area contributed by atoms with Gasteiger partial charge in [0, 0.05) is 25.0 Å². The van der Waals surface area contributed by atoms with E-state index in [4.69, 9.17) is 5.84 Å². The lowest BCUT2D eigenvalue weighted by molar-refractivity contribution is 0.103. The van der Waals surface area contributed by atoms with Gasteiger partial charge in [0.2, 0.25) is 0 Å². The molecule has 114 valence electrons. The molecule has 6 heteroatoms. The number of nitrogens with zero attached hydrogens (tertiary/aromatic N) is 3. The lowest BCUT2D eigenvalue weighted by atomic mass is 9.84. The number of hydrogen-bond acceptors (Lipinski definition) is 4. The average molecular weight is 344 g/mol. The van der Waals surface area contributed by atoms with Crippen molar-refractivity contribution in [3.8, 4) is 0 Å². The van der Waals surface area contributed by atoms with E-state index in [1.165, 1.54) is 31.4 Å². The summed E-state index contributed by atoms with van der Waals surface area (Å²) >= 11 is 3.66. The molecular formula is C14H26BrN5. The topological polar surface area (TPSA) is 59.1 Å². The molecule has 1 fully saturated rings. The van der Waals surface area contributed by atoms with Gasteiger partial charge in [-0.05, 0) is 49.8 Å². The Hall–Kier alpha value is -0.430. The largest absolute Gasteiger partial charge is 0.302 e. The first kappa shape index (κ1) is 15.9. The second-order valence-electron chi connectivity index (χ2n) is 6.10. The Bertz CT molecular complexity index is 462. The van der Waals surface area contributed by atoms with E-state index in [9.17, 15) is 0 Å². The van der Waals surface area contributed by atoms with Crippen LogP contribution in [0.15, 0.2) is 4.47 Å². The fraction of sp³-hybridized carbons (Fsp3) is 0.786. The number of rotatable bonds is 5. The van der Waals surface area contributed by atoms with Gasteiger partial charge in [0.05, 0.1) is 15.9 Å². The molecule has 0 amide bonds. The van der Waals surface area contributed by atoms with Crippen molar-refractivity contribution in [3.63, 3.8) is 0 Å². The first-order valence-corrected chi connectivity index (χ1v) is 8.03. The zero-order valence-corrected chi connectivity index (χ0v) is 14.5. The summed E-state index contributed by atoms with van der Waals surface area (Å²) in [5, 5.41) is 4.48. The summed E-state index contributed by atoms with van der Waals surface area (Å²) in [4.78, 5) is 2.35. The highest BCUT2D eigenvalue weighted by Crippen LogP contribution is 2.38. The summed E-state index contributed by atoms with van der Waals surface area (Å²) in [7, 11) is 6.33. The molecule has 0 spiro atoms. The molecular weight excluding hydrogens is 318 g/mol. The fourth-order valence-electron chi connectivity index (χ4n) is 3.59. The van der Waals surface area contributed by atoms with Gasteiger partial charge in [0.15, 0.2) is 0 Å². The highest BCUT2D eigenvalue weighted by atomic mass is 79.9. The summed E-state index contributed by atoms with van der Waals surface area (Å²) < 4.78 is 3.06. The summed E-state index contributed by atoms with van der Waals surface area (Å²) in [5.41, 5.74) is 5.46. The number of aryl methyl sites for hydroxylation is 2. The maximum Gasteiger partial charge on any atom is 0.0738 e. The maximum absolute atomic E-state index is 5.91. The van der Waals surface area contributed by atoms with Crippen molar-refractivity contribution in [1.29, 1.82) is 0 Å². The molecule has 1 aromatic rings. The Morgan fingerprint density at radius 2 is 2.05 bits per heavy atom. The van der Waals surface area contributed by atoms with Crippen LogP contribution in [0, 0.1) is 6.92 Å². The molecule has 0 radical (unpaired) electrons. The molecule has 3 N–H and O–H groups in total. The van der Waals surface area contributed by atoms with Crippen molar-refractivity contribution in [2.24, 2.45) is 12.9 Å². The lowest BCUT2D eigenvalue weighted by Crippen LogP contribution is -2.60. The van der Waals surface area contributed by atoms with Gasteiger partial charge in [-0.1, -0.05) is 12.8 Å². The molecule has 1 atom stereocenters. The Kier molecular flexibility index (Phi) is 4.89. The van der Waals surface area contributed by atoms with Gasteiger partial charge < -0.3 is 4.90 Å². The van der Waals surface area contributed by atoms with E-state index < -0.39 is 0 Å². The van der Waals surface area contributed by atoms with Crippen LogP contribution in [0.25, 0.3) is 0 Å². The molecule has 0 bridgehead atoms. The van der Waals surface area contributed by atoms with Gasteiger partial charge in [-0.3, -0.25) is 16.0 Å². The molecule has 1 heterocycles. The SMILES string of the molecule is Cc1nn(C)c(CC(NN)C2(N(C)C)CCCC2)c1Br. The van der Waals surface area contributed by atoms with Crippen molar-refractivity contribution >= 4 is 15.9 Å². The minimum Gasteiger partial charge on any atom is -0.302 e. The lowest BCUT2D eigenvalue weighted by Gasteiger charge is -2.43. The van der Waals surface area contributed by atoms with Crippen LogP contribution in [-0.2, 0) is 13.5 Å². The quantitative estimate of drug-likeness (QED) is 0.631. The van der Waals surface area contributed by atoms with Crippen LogP contribution in [0.5, 0.6) is 0 Å². The molecule has 1 unspecified atom stereocenters. The molecule has 1 aliphatic carbocycles. The molecule has 1 saturated carbocycles. The van der Waals surface area contributed by atoms with E-state index in [0.29, 0.717) is 0 Å². The molecule has 0 aliphatic heterocycles. The van der Waals surface area contributed by atoms with Crippen LogP contribution in [0.2, 0.25) is 0 Å². The van der Waals surface area contributed by atoms with Gasteiger partial charge in [0.25, 0.3) is 0 Å². The molecule has 1 aromatic heterocycles. The number of hydrogen-bond donors (Lipinski definition) is 2. The molecule has 0 aromatic carbocycles. The third-order valence-corrected chi connectivity index (χ3v) is 5.90. The number of nitrogens with one attached hydrogen (secondary N) is 1. The zero-order chi connectivity index (χ0) is 14.9. The van der Waals surface area contributed by atoms with E-state index in [2.05, 4.69) is 45.4 Å². The standard InChI is InChI=1S/C14H26BrN5/c1-10-13(15)11(20(4)18-10)9-12(17-16)14(19(2)3)7-5-6-8-14/h12,17H,5-9,16H2,1-4H3. The van der Waals surface area contributed by atoms with Crippen LogP contribution >= 0.6 is 15.9 Å². The van der Waals surface area contributed by atoms with Crippen molar-refractivity contribution in [2.75, 3.05) is 14.1 Å². The number of halogens is 1. The second kappa shape index (κ2) is 6.13. The van der Waals surface area contributed by atoms with Gasteiger partial charge >= 0.3 is 0 Å². The molecule has 5 nitrogen and oxygen atoms in total. The zero-order valence-electron chi connectivity index (χ0n) is 12.9. The van der Waals surface area contributed by atoms with Crippen LogP contribution in [-0.4, -0.2) is 40.4 Å². The number of nitrogens with two attached hydrogens (primary N) is 1. The minimum absolute atomic E-state index is 0.145. The smallest absolute Gasteiger partial charge is 0.0738 e. The van der Waals surface area contributed by atoms with Crippen LogP contribution < -0.4 is 11.3 Å². The Balaban J connectivity index is 2.28. The number of aromatic nitrogens is 2. The summed E-state index contributed by atoms with van der Waals surface area (Å²) in [6.45, 7) is 2.02. The highest BCUT2D eigenvalue weighted by molar-refractivity contribution is 9.10. The van der Waals surface area contributed by atoms with Crippen molar-refractivity contribution in [3.05, 3.63) is 15.9 Å². The first-order chi connectivity index (χ1) is 9.42. The second-order valence-corrected chi connectivity index (χ2v) is 6.89. The van der Waals surface area contributed by atoms with E-state index in [1.54, 1.807) is 0 Å². The van der Waals surface area contributed by atoms with Crippen molar-refractivity contribution in [2.45, 2.75) is 50.6 Å². The summed E-state index contributed by atoms with van der Waals surface area (Å²) in [5.74, 6) is 5.91. The minimum atomic E-state index is 0.145.